The topological polar surface area (TPSA) is 471 Å². The van der Waals surface area contributed by atoms with Gasteiger partial charge in [0.1, 0.15) is 63.2 Å². The normalized spacial score (nSPS) is 11.0. The third-order valence-corrected chi connectivity index (χ3v) is 20.2. The van der Waals surface area contributed by atoms with E-state index >= 15 is 0 Å². The highest BCUT2D eigenvalue weighted by atomic mass is 16.6. The van der Waals surface area contributed by atoms with Crippen molar-refractivity contribution in [1.29, 1.82) is 0 Å². The van der Waals surface area contributed by atoms with Crippen LogP contribution in [-0.4, -0.2) is 170 Å². The molecule has 0 aliphatic heterocycles. The standard InChI is InChI=1S/C26H29N5O3.C25H28N6O3.C16H15N3O.C11H18N2O2.C10H16N2O3.C9H19NO2.C7H10N2O2.4CH4/c1-6-33-23-15-31(14-16(2)3)30-25(23)26(32)29-24-8-7-19(13-28-24)34-22-9-10-27-21-12-18(5)17(4)11-20(21)22;1-5-33-22-14-31(13-17(4)26)30-24(22)25(32)29-23-7-6-18(12-28-23)34-21-8-9-27-20-11-16(3)15(2)10-19(20)21;1-10-7-13-14(8-11(10)2)18-6-5-15(13)20-12-3-4-16(17)19-9-12;1-5-15-10-7-13(6-8(2)3)12-11(10)9(4)14;1-4-15-8-6-12(5-7(2)3)11-9(8)10(13)14;1-6-7(2)10-8(11)12-9(3,4)5;1-3-11-6-4-8-9-7(6)5(2)10;;;;/h7-13,15-16H,6,14H2,1-5H3,(H,28,29,32);6-12,14,17H,5,13,26H2,1-4H3,(H,28,29,32);3-9H,1-2H3,(H2,17,19);7-8H,5-6H2,1-4H3;6-7H,4-5H2,1-3H3,(H,13,14);7H,6H2,1-5H3,(H,10,11);4H,3H2,1-2H3,(H,8,9);4*1H4. The molecule has 0 saturated carbocycles. The van der Waals surface area contributed by atoms with Gasteiger partial charge in [0, 0.05) is 80.3 Å². The van der Waals surface area contributed by atoms with Crippen LogP contribution < -0.4 is 65.3 Å². The molecule has 0 fully saturated rings. The number of hydrogen-bond acceptors (Lipinski definition) is 28. The number of rotatable bonds is 33. The van der Waals surface area contributed by atoms with Gasteiger partial charge in [-0.2, -0.15) is 25.5 Å². The fourth-order valence-electron chi connectivity index (χ4n) is 13.2. The number of fused-ring (bicyclic) bond motifs is 3. The van der Waals surface area contributed by atoms with Gasteiger partial charge in [0.25, 0.3) is 11.8 Å². The molecule has 9 N–H and O–H groups in total. The maximum absolute atomic E-state index is 12.8. The quantitative estimate of drug-likeness (QED) is 0.0188. The summed E-state index contributed by atoms with van der Waals surface area (Å²) < 4.78 is 56.6. The molecule has 0 radical (unpaired) electrons. The van der Waals surface area contributed by atoms with Crippen LogP contribution in [0.4, 0.5) is 22.2 Å². The molecule has 3 amide bonds. The monoisotopic (exact) mass is 2000 g/mol. The zero-order valence-corrected chi connectivity index (χ0v) is 85.4. The summed E-state index contributed by atoms with van der Waals surface area (Å²) in [6.45, 7) is 53.6. The molecular weight excluding hydrogens is 1850 g/mol. The molecule has 784 valence electrons. The Balaban J connectivity index is 0.000000367. The number of carbonyl (C=O) groups is 6. The summed E-state index contributed by atoms with van der Waals surface area (Å²) in [6.07, 6.45) is 18.9. The highest BCUT2D eigenvalue weighted by Crippen LogP contribution is 2.36. The second-order valence-corrected chi connectivity index (χ2v) is 35.2. The number of ether oxygens (including phenoxy) is 9. The van der Waals surface area contributed by atoms with E-state index in [0.29, 0.717) is 157 Å². The third kappa shape index (κ3) is 38.1. The number of nitrogen functional groups attached to an aromatic ring is 1. The van der Waals surface area contributed by atoms with Crippen molar-refractivity contribution in [2.24, 2.45) is 23.5 Å². The summed E-state index contributed by atoms with van der Waals surface area (Å²) in [5.74, 6) is 6.80. The smallest absolute Gasteiger partial charge is 0.407 e. The molecule has 14 rings (SSSR count). The molecule has 11 heterocycles. The van der Waals surface area contributed by atoms with Gasteiger partial charge in [-0.15, -0.1) is 0 Å². The number of hydrogen-bond donors (Lipinski definition) is 7. The Morgan fingerprint density at radius 2 is 0.745 bits per heavy atom. The van der Waals surface area contributed by atoms with Crippen molar-refractivity contribution >= 4 is 85.6 Å². The van der Waals surface area contributed by atoms with E-state index in [2.05, 4.69) is 170 Å². The first-order chi connectivity index (χ1) is 67.0. The average Bonchev–Trinajstić information content (AvgIpc) is 1.76. The Kier molecular flexibility index (Phi) is 49.5. The van der Waals surface area contributed by atoms with Crippen molar-refractivity contribution in [1.82, 2.24) is 84.5 Å². The molecule has 2 unspecified atom stereocenters. The molecule has 37 heteroatoms. The Bertz CT molecular complexity index is 6180. The largest absolute Gasteiger partial charge is 0.490 e. The number of carbonyl (C=O) groups excluding carboxylic acids is 5. The van der Waals surface area contributed by atoms with Crippen LogP contribution in [0.3, 0.4) is 0 Å². The number of amides is 3. The number of pyridine rings is 6. The van der Waals surface area contributed by atoms with Crippen LogP contribution in [0.1, 0.15) is 254 Å². The van der Waals surface area contributed by atoms with Gasteiger partial charge >= 0.3 is 12.1 Å². The Morgan fingerprint density at radius 1 is 0.414 bits per heavy atom. The van der Waals surface area contributed by atoms with Crippen LogP contribution >= 0.6 is 0 Å². The highest BCUT2D eigenvalue weighted by molar-refractivity contribution is 6.05. The zero-order valence-electron chi connectivity index (χ0n) is 85.4. The maximum Gasteiger partial charge on any atom is 0.407 e. The van der Waals surface area contributed by atoms with E-state index in [1.54, 1.807) is 117 Å². The van der Waals surface area contributed by atoms with Crippen molar-refractivity contribution in [2.45, 2.75) is 253 Å². The van der Waals surface area contributed by atoms with Crippen molar-refractivity contribution in [3.8, 4) is 63.2 Å². The van der Waals surface area contributed by atoms with E-state index in [9.17, 15) is 28.8 Å². The van der Waals surface area contributed by atoms with Gasteiger partial charge in [-0.1, -0.05) is 78.2 Å². The number of nitrogens with zero attached hydrogens (tertiary/aromatic N) is 15. The summed E-state index contributed by atoms with van der Waals surface area (Å²) in [4.78, 5) is 95.7. The van der Waals surface area contributed by atoms with E-state index in [-0.39, 0.29) is 82.4 Å². The lowest BCUT2D eigenvalue weighted by Crippen LogP contribution is -2.37. The number of carboxylic acid groups (broad SMARTS) is 1. The molecule has 11 aromatic heterocycles. The Labute approximate surface area is 852 Å². The number of H-pyrrole nitrogens is 1. The van der Waals surface area contributed by atoms with Gasteiger partial charge in [0.2, 0.25) is 5.69 Å². The number of aromatic amines is 1. The number of nitrogens with one attached hydrogen (secondary N) is 4. The number of aryl methyl sites for hydroxylation is 6. The predicted octanol–water partition coefficient (Wildman–Crippen LogP) is 23.0. The van der Waals surface area contributed by atoms with Gasteiger partial charge in [-0.3, -0.25) is 58.0 Å². The van der Waals surface area contributed by atoms with Crippen molar-refractivity contribution in [3.05, 3.63) is 221 Å². The lowest BCUT2D eigenvalue weighted by Gasteiger charge is -2.21. The first-order valence-corrected chi connectivity index (χ1v) is 46.8. The maximum atomic E-state index is 12.8. The molecule has 14 aromatic rings. The minimum absolute atomic E-state index is 0. The minimum atomic E-state index is -1.05. The molecule has 0 aliphatic rings. The molecule has 0 bridgehead atoms. The summed E-state index contributed by atoms with van der Waals surface area (Å²) in [6, 6.07) is 28.4. The predicted molar refractivity (Wildman–Crippen MR) is 571 cm³/mol. The van der Waals surface area contributed by atoms with Crippen molar-refractivity contribution in [2.75, 3.05) is 49.4 Å². The molecule has 37 nitrogen and oxygen atoms in total. The summed E-state index contributed by atoms with van der Waals surface area (Å²) in [5.41, 5.74) is 22.1. The number of ketones is 2. The highest BCUT2D eigenvalue weighted by Gasteiger charge is 2.25. The number of alkyl carbamates (subject to hydrolysis) is 1. The van der Waals surface area contributed by atoms with Crippen LogP contribution in [0.25, 0.3) is 32.7 Å². The summed E-state index contributed by atoms with van der Waals surface area (Å²) >= 11 is 0. The van der Waals surface area contributed by atoms with E-state index in [4.69, 9.17) is 59.2 Å². The molecule has 145 heavy (non-hydrogen) atoms. The average molecular weight is 2000 g/mol. The number of benzene rings is 3. The minimum Gasteiger partial charge on any atom is -0.490 e. The van der Waals surface area contributed by atoms with Gasteiger partial charge in [0.15, 0.2) is 57.4 Å². The van der Waals surface area contributed by atoms with Crippen molar-refractivity contribution in [3.63, 3.8) is 0 Å². The summed E-state index contributed by atoms with van der Waals surface area (Å²) in [7, 11) is 0. The van der Waals surface area contributed by atoms with E-state index < -0.39 is 17.5 Å². The first-order valence-electron chi connectivity index (χ1n) is 46.8. The number of aromatic carboxylic acids is 1. The SMILES string of the molecule is C.C.C.C.CCC(C)NC(=O)OC(C)(C)C.CCOc1cn(CC(C)C)nc1C(=O)Nc1ccc(Oc2ccnc3cc(C)c(C)cc23)cn1.CCOc1cn(CC(C)C)nc1C(=O)O.CCOc1cn(CC(C)C)nc1C(C)=O.CCOc1cn(CC(C)N)nc1C(=O)Nc1ccc(Oc2ccnc3cc(C)c(C)cc23)cn1.CCOc1cn[nH]c1C(C)=O.Cc1cc2nccc(Oc3ccc(N)nc3)c2cc1C. The lowest BCUT2D eigenvalue weighted by molar-refractivity contribution is 0.0506. The van der Waals surface area contributed by atoms with Gasteiger partial charge in [0.05, 0.1) is 106 Å². The molecule has 0 aliphatic carbocycles. The van der Waals surface area contributed by atoms with Crippen LogP contribution in [-0.2, 0) is 30.9 Å². The zero-order chi connectivity index (χ0) is 103. The molecule has 3 aromatic carbocycles. The van der Waals surface area contributed by atoms with E-state index in [0.717, 1.165) is 57.0 Å². The van der Waals surface area contributed by atoms with Gasteiger partial charge in [-0.25, -0.2) is 24.5 Å². The van der Waals surface area contributed by atoms with Gasteiger partial charge < -0.3 is 75.2 Å². The van der Waals surface area contributed by atoms with Crippen LogP contribution in [0.15, 0.2) is 159 Å². The Hall–Kier alpha value is -15.4. The van der Waals surface area contributed by atoms with E-state index in [1.165, 1.54) is 47.9 Å². The number of carboxylic acids is 1. The number of nitrogens with two attached hydrogens (primary N) is 2. The summed E-state index contributed by atoms with van der Waals surface area (Å²) in [5, 5.41) is 43.2. The number of aromatic nitrogens is 16. The second kappa shape index (κ2) is 58.8. The lowest BCUT2D eigenvalue weighted by atomic mass is 10.1. The van der Waals surface area contributed by atoms with Crippen LogP contribution in [0.2, 0.25) is 0 Å². The van der Waals surface area contributed by atoms with Crippen LogP contribution in [0, 0.1) is 59.3 Å². The fraction of sp³-hybridized carbons (Fsp3) is 0.417. The molecule has 0 spiro atoms. The Morgan fingerprint density at radius 3 is 1.06 bits per heavy atom. The number of anilines is 3. The first kappa shape index (κ1) is 122. The van der Waals surface area contributed by atoms with Gasteiger partial charge in [-0.05, 0) is 259 Å². The fourth-order valence-corrected chi connectivity index (χ4v) is 13.2. The molecule has 0 saturated heterocycles. The van der Waals surface area contributed by atoms with E-state index in [1.807, 2.05) is 120 Å². The van der Waals surface area contributed by atoms with Crippen molar-refractivity contribution < 1.29 is 76.5 Å². The second-order valence-electron chi connectivity index (χ2n) is 35.2. The molecular formula is C108H151N21O16. The number of Topliss-reactive ketones (excluding diaryl/α,β-unsaturated/α-hetero) is 2. The van der Waals surface area contributed by atoms with Crippen LogP contribution in [0.5, 0.6) is 63.2 Å². The molecule has 2 atom stereocenters. The third-order valence-electron chi connectivity index (χ3n) is 20.2.